The van der Waals surface area contributed by atoms with Crippen LogP contribution in [0.3, 0.4) is 0 Å². The number of aryl methyl sites for hydroxylation is 2. The van der Waals surface area contributed by atoms with E-state index < -0.39 is 12.0 Å². The topological polar surface area (TPSA) is 120 Å². The molecule has 2 saturated carbocycles. The lowest BCUT2D eigenvalue weighted by Gasteiger charge is -2.36. The van der Waals surface area contributed by atoms with Gasteiger partial charge in [0.05, 0.1) is 5.69 Å². The third kappa shape index (κ3) is 6.03. The van der Waals surface area contributed by atoms with Crippen LogP contribution in [0.2, 0.25) is 0 Å². The average molecular weight is 554 g/mol. The van der Waals surface area contributed by atoms with Gasteiger partial charge in [0.25, 0.3) is 5.91 Å². The third-order valence-corrected chi connectivity index (χ3v) is 8.46. The van der Waals surface area contributed by atoms with E-state index in [1.165, 1.54) is 0 Å². The van der Waals surface area contributed by atoms with E-state index in [1.54, 1.807) is 41.1 Å². The number of carbonyl (C=O) groups excluding carboxylic acids is 2. The summed E-state index contributed by atoms with van der Waals surface area (Å²) in [6, 6.07) is 4.22. The molecule has 9 nitrogen and oxygen atoms in total. The number of thioether (sulfide) groups is 1. The minimum Gasteiger partial charge on any atom is -0.325 e. The summed E-state index contributed by atoms with van der Waals surface area (Å²) in [5.41, 5.74) is 2.93. The summed E-state index contributed by atoms with van der Waals surface area (Å²) in [5, 5.41) is 16.8. The van der Waals surface area contributed by atoms with Crippen molar-refractivity contribution in [1.82, 2.24) is 30.3 Å². The molecule has 3 heterocycles. The van der Waals surface area contributed by atoms with Gasteiger partial charge in [0, 0.05) is 29.6 Å². The monoisotopic (exact) mass is 553 g/mol. The highest BCUT2D eigenvalue weighted by molar-refractivity contribution is 7.98. The Labute approximate surface area is 232 Å². The molecule has 0 bridgehead atoms. The van der Waals surface area contributed by atoms with Crippen LogP contribution in [0.5, 0.6) is 0 Å². The summed E-state index contributed by atoms with van der Waals surface area (Å²) in [5.74, 6) is 0.671. The number of hydrogen-bond donors (Lipinski definition) is 3. The van der Waals surface area contributed by atoms with Crippen LogP contribution in [0.4, 0.5) is 10.2 Å². The second-order valence-corrected chi connectivity index (χ2v) is 11.5. The van der Waals surface area contributed by atoms with Crippen LogP contribution < -0.4 is 5.32 Å². The lowest BCUT2D eigenvalue weighted by Crippen LogP contribution is -2.53. The van der Waals surface area contributed by atoms with Gasteiger partial charge in [0.1, 0.15) is 17.6 Å². The van der Waals surface area contributed by atoms with Gasteiger partial charge in [-0.1, -0.05) is 6.92 Å². The maximum atomic E-state index is 15.3. The molecule has 39 heavy (non-hydrogen) atoms. The number of rotatable bonds is 13. The van der Waals surface area contributed by atoms with Gasteiger partial charge < -0.3 is 10.2 Å². The standard InChI is InChI=1S/C28H36FN7O2S/c1-4-20-23(16(2)33-35-20)19-10-11-22(31-26(19)29)32-27(37)25(24(17-6-7-17)18-8-9-18)36(14-5-15-39-3)28(38)21-12-13-30-34-21/h10-13,17-18,24-25H,4-9,14-15H2,1-3H3,(H,30,34)(H,33,35)(H,31,32,37)/t25-/m0/s1. The van der Waals surface area contributed by atoms with Gasteiger partial charge in [-0.15, -0.1) is 0 Å². The van der Waals surface area contributed by atoms with E-state index in [-0.39, 0.29) is 23.6 Å². The van der Waals surface area contributed by atoms with Gasteiger partial charge in [0.2, 0.25) is 11.9 Å². The van der Waals surface area contributed by atoms with Crippen molar-refractivity contribution in [2.75, 3.05) is 23.9 Å². The first-order valence-electron chi connectivity index (χ1n) is 13.7. The Hall–Kier alpha value is -3.21. The number of amides is 2. The van der Waals surface area contributed by atoms with E-state index in [0.29, 0.717) is 41.6 Å². The zero-order valence-electron chi connectivity index (χ0n) is 22.7. The van der Waals surface area contributed by atoms with E-state index in [1.807, 2.05) is 20.1 Å². The Morgan fingerprint density at radius 3 is 2.51 bits per heavy atom. The molecule has 0 saturated heterocycles. The molecule has 1 atom stereocenters. The number of anilines is 1. The molecule has 2 amide bonds. The Balaban J connectivity index is 1.45. The van der Waals surface area contributed by atoms with Gasteiger partial charge in [0.15, 0.2) is 0 Å². The molecule has 3 aromatic heterocycles. The molecule has 5 rings (SSSR count). The fourth-order valence-corrected chi connectivity index (χ4v) is 6.06. The minimum atomic E-state index is -0.671. The van der Waals surface area contributed by atoms with Crippen molar-refractivity contribution >= 4 is 29.4 Å². The molecule has 0 unspecified atom stereocenters. The average Bonchev–Trinajstić information content (AvgIpc) is 3.85. The van der Waals surface area contributed by atoms with Crippen molar-refractivity contribution < 1.29 is 14.0 Å². The van der Waals surface area contributed by atoms with E-state index in [9.17, 15) is 9.59 Å². The van der Waals surface area contributed by atoms with Crippen LogP contribution in [-0.4, -0.2) is 66.7 Å². The van der Waals surface area contributed by atoms with Crippen molar-refractivity contribution in [2.45, 2.75) is 58.4 Å². The van der Waals surface area contributed by atoms with Crippen LogP contribution >= 0.6 is 11.8 Å². The smallest absolute Gasteiger partial charge is 0.272 e. The Kier molecular flexibility index (Phi) is 8.34. The van der Waals surface area contributed by atoms with Crippen molar-refractivity contribution in [3.05, 3.63) is 47.4 Å². The number of halogens is 1. The maximum absolute atomic E-state index is 15.3. The van der Waals surface area contributed by atoms with Gasteiger partial charge in [-0.05, 0) is 93.4 Å². The predicted octanol–water partition coefficient (Wildman–Crippen LogP) is 4.84. The largest absolute Gasteiger partial charge is 0.325 e. The second-order valence-electron chi connectivity index (χ2n) is 10.6. The normalized spacial score (nSPS) is 15.9. The highest BCUT2D eigenvalue weighted by Gasteiger charge is 2.50. The summed E-state index contributed by atoms with van der Waals surface area (Å²) < 4.78 is 15.3. The van der Waals surface area contributed by atoms with E-state index in [0.717, 1.165) is 49.2 Å². The molecule has 3 N–H and O–H groups in total. The zero-order valence-corrected chi connectivity index (χ0v) is 23.5. The SMILES string of the molecule is CCc1n[nH]c(C)c1-c1ccc(NC(=O)[C@H](C(C2CC2)C2CC2)N(CCCSC)C(=O)c2ccn[nH]2)nc1F. The molecule has 11 heteroatoms. The Morgan fingerprint density at radius 2 is 1.92 bits per heavy atom. The van der Waals surface area contributed by atoms with E-state index in [2.05, 4.69) is 30.7 Å². The second kappa shape index (κ2) is 11.9. The lowest BCUT2D eigenvalue weighted by molar-refractivity contribution is -0.123. The fraction of sp³-hybridized carbons (Fsp3) is 0.536. The lowest BCUT2D eigenvalue weighted by atomic mass is 9.87. The fourth-order valence-electron chi connectivity index (χ4n) is 5.65. The van der Waals surface area contributed by atoms with Crippen molar-refractivity contribution in [1.29, 1.82) is 0 Å². The number of aromatic amines is 2. The van der Waals surface area contributed by atoms with Crippen LogP contribution in [0.15, 0.2) is 24.4 Å². The number of nitrogens with zero attached hydrogens (tertiary/aromatic N) is 4. The number of hydrogen-bond acceptors (Lipinski definition) is 6. The van der Waals surface area contributed by atoms with Crippen LogP contribution in [0.25, 0.3) is 11.1 Å². The molecule has 2 fully saturated rings. The van der Waals surface area contributed by atoms with Gasteiger partial charge >= 0.3 is 0 Å². The molecule has 0 radical (unpaired) electrons. The molecule has 0 aromatic carbocycles. The van der Waals surface area contributed by atoms with E-state index >= 15 is 4.39 Å². The quantitative estimate of drug-likeness (QED) is 0.206. The van der Waals surface area contributed by atoms with Crippen molar-refractivity contribution in [3.8, 4) is 11.1 Å². The summed E-state index contributed by atoms with van der Waals surface area (Å²) >= 11 is 1.71. The van der Waals surface area contributed by atoms with E-state index in [4.69, 9.17) is 0 Å². The molecule has 0 aliphatic heterocycles. The summed E-state index contributed by atoms with van der Waals surface area (Å²) in [4.78, 5) is 33.6. The van der Waals surface area contributed by atoms with Crippen LogP contribution in [0, 0.1) is 30.6 Å². The number of carbonyl (C=O) groups is 2. The first-order valence-corrected chi connectivity index (χ1v) is 15.1. The molecule has 2 aliphatic rings. The first kappa shape index (κ1) is 27.4. The Bertz CT molecular complexity index is 1290. The molecular formula is C28H36FN7O2S. The summed E-state index contributed by atoms with van der Waals surface area (Å²) in [6.07, 6.45) is 9.24. The molecule has 2 aliphatic carbocycles. The highest BCUT2D eigenvalue weighted by Crippen LogP contribution is 2.52. The minimum absolute atomic E-state index is 0.0657. The first-order chi connectivity index (χ1) is 18.9. The van der Waals surface area contributed by atoms with Crippen LogP contribution in [-0.2, 0) is 11.2 Å². The summed E-state index contributed by atoms with van der Waals surface area (Å²) in [7, 11) is 0. The molecule has 0 spiro atoms. The van der Waals surface area contributed by atoms with Crippen LogP contribution in [0.1, 0.15) is 60.9 Å². The van der Waals surface area contributed by atoms with Gasteiger partial charge in [-0.3, -0.25) is 19.8 Å². The third-order valence-electron chi connectivity index (χ3n) is 7.77. The predicted molar refractivity (Wildman–Crippen MR) is 150 cm³/mol. The van der Waals surface area contributed by atoms with Crippen molar-refractivity contribution in [2.24, 2.45) is 17.8 Å². The Morgan fingerprint density at radius 1 is 1.18 bits per heavy atom. The molecule has 3 aromatic rings. The maximum Gasteiger partial charge on any atom is 0.272 e. The van der Waals surface area contributed by atoms with Gasteiger partial charge in [-0.2, -0.15) is 26.3 Å². The number of nitrogens with one attached hydrogen (secondary N) is 3. The number of pyridine rings is 1. The zero-order chi connectivity index (χ0) is 27.5. The summed E-state index contributed by atoms with van der Waals surface area (Å²) in [6.45, 7) is 4.26. The highest BCUT2D eigenvalue weighted by atomic mass is 32.2. The molecule has 208 valence electrons. The van der Waals surface area contributed by atoms with Crippen molar-refractivity contribution in [3.63, 3.8) is 0 Å². The number of aromatic nitrogens is 5. The molecular weight excluding hydrogens is 517 g/mol. The van der Waals surface area contributed by atoms with Gasteiger partial charge in [-0.25, -0.2) is 4.98 Å². The number of H-pyrrole nitrogens is 2.